The third-order valence-corrected chi connectivity index (χ3v) is 3.83. The number of hydrogen-bond donors (Lipinski definition) is 2. The second-order valence-electron chi connectivity index (χ2n) is 4.26. The highest BCUT2D eigenvalue weighted by Gasteiger charge is 2.15. The molecule has 1 aromatic heterocycles. The third kappa shape index (κ3) is 4.41. The van der Waals surface area contributed by atoms with Crippen LogP contribution in [-0.4, -0.2) is 45.7 Å². The van der Waals surface area contributed by atoms with Crippen molar-refractivity contribution in [2.24, 2.45) is 0 Å². The third-order valence-electron chi connectivity index (χ3n) is 2.78. The standard InChI is InChI=1S/C12H21N5OS/c1-3-13-10-15-11(17-12(16-10)18-4-2)14-9-5-7-19-8-6-9/h9H,3-8H2,1-2H3,(H2,13,14,15,16,17). The monoisotopic (exact) mass is 283 g/mol. The van der Waals surface area contributed by atoms with Crippen LogP contribution >= 0.6 is 11.8 Å². The first kappa shape index (κ1) is 14.2. The van der Waals surface area contributed by atoms with E-state index in [0.29, 0.717) is 30.6 Å². The maximum Gasteiger partial charge on any atom is 0.323 e. The molecule has 0 radical (unpaired) electrons. The summed E-state index contributed by atoms with van der Waals surface area (Å²) < 4.78 is 5.38. The molecular weight excluding hydrogens is 262 g/mol. The van der Waals surface area contributed by atoms with Crippen molar-refractivity contribution in [2.45, 2.75) is 32.7 Å². The molecule has 0 aromatic carbocycles. The van der Waals surface area contributed by atoms with E-state index in [2.05, 4.69) is 25.6 Å². The van der Waals surface area contributed by atoms with Gasteiger partial charge in [-0.1, -0.05) is 0 Å². The van der Waals surface area contributed by atoms with Crippen LogP contribution in [0.1, 0.15) is 26.7 Å². The molecule has 2 rings (SSSR count). The summed E-state index contributed by atoms with van der Waals surface area (Å²) in [7, 11) is 0. The lowest BCUT2D eigenvalue weighted by molar-refractivity contribution is 0.312. The molecule has 106 valence electrons. The number of anilines is 2. The Morgan fingerprint density at radius 2 is 1.89 bits per heavy atom. The number of thioether (sulfide) groups is 1. The topological polar surface area (TPSA) is 72.0 Å². The molecule has 6 nitrogen and oxygen atoms in total. The largest absolute Gasteiger partial charge is 0.464 e. The van der Waals surface area contributed by atoms with Gasteiger partial charge in [0.2, 0.25) is 11.9 Å². The summed E-state index contributed by atoms with van der Waals surface area (Å²) in [5, 5.41) is 6.48. The minimum absolute atomic E-state index is 0.376. The molecule has 0 aliphatic carbocycles. The summed E-state index contributed by atoms with van der Waals surface area (Å²) in [6.07, 6.45) is 2.30. The fourth-order valence-electron chi connectivity index (χ4n) is 1.88. The van der Waals surface area contributed by atoms with E-state index >= 15 is 0 Å². The minimum Gasteiger partial charge on any atom is -0.464 e. The summed E-state index contributed by atoms with van der Waals surface area (Å²) in [5.41, 5.74) is 0. The van der Waals surface area contributed by atoms with Crippen molar-refractivity contribution in [3.8, 4) is 6.01 Å². The van der Waals surface area contributed by atoms with Gasteiger partial charge in [0.15, 0.2) is 0 Å². The molecule has 2 heterocycles. The van der Waals surface area contributed by atoms with Crippen molar-refractivity contribution in [3.05, 3.63) is 0 Å². The van der Waals surface area contributed by atoms with E-state index in [1.54, 1.807) is 0 Å². The zero-order valence-electron chi connectivity index (χ0n) is 11.5. The SMILES string of the molecule is CCNc1nc(NC2CCSCC2)nc(OCC)n1. The fourth-order valence-corrected chi connectivity index (χ4v) is 2.98. The number of aromatic nitrogens is 3. The van der Waals surface area contributed by atoms with Crippen LogP contribution in [0.25, 0.3) is 0 Å². The predicted octanol–water partition coefficient (Wildman–Crippen LogP) is 2.01. The highest BCUT2D eigenvalue weighted by Crippen LogP contribution is 2.20. The lowest BCUT2D eigenvalue weighted by Crippen LogP contribution is -2.26. The lowest BCUT2D eigenvalue weighted by Gasteiger charge is -2.22. The first-order valence-electron chi connectivity index (χ1n) is 6.78. The highest BCUT2D eigenvalue weighted by molar-refractivity contribution is 7.99. The summed E-state index contributed by atoms with van der Waals surface area (Å²) in [6.45, 7) is 5.25. The molecule has 2 N–H and O–H groups in total. The van der Waals surface area contributed by atoms with E-state index in [4.69, 9.17) is 4.74 Å². The van der Waals surface area contributed by atoms with Gasteiger partial charge in [0, 0.05) is 12.6 Å². The number of ether oxygens (including phenoxy) is 1. The van der Waals surface area contributed by atoms with E-state index in [1.807, 2.05) is 25.6 Å². The minimum atomic E-state index is 0.376. The first-order chi connectivity index (χ1) is 9.31. The van der Waals surface area contributed by atoms with Gasteiger partial charge in [-0.2, -0.15) is 26.7 Å². The lowest BCUT2D eigenvalue weighted by atomic mass is 10.2. The van der Waals surface area contributed by atoms with Crippen LogP contribution in [0.2, 0.25) is 0 Å². The van der Waals surface area contributed by atoms with Gasteiger partial charge in [0.05, 0.1) is 6.61 Å². The van der Waals surface area contributed by atoms with Gasteiger partial charge in [-0.05, 0) is 38.2 Å². The second kappa shape index (κ2) is 7.37. The Labute approximate surface area is 118 Å². The first-order valence-corrected chi connectivity index (χ1v) is 7.94. The van der Waals surface area contributed by atoms with E-state index < -0.39 is 0 Å². The molecule has 1 fully saturated rings. The Kier molecular flexibility index (Phi) is 5.50. The Hall–Kier alpha value is -1.24. The Balaban J connectivity index is 2.08. The number of rotatable bonds is 6. The van der Waals surface area contributed by atoms with Crippen LogP contribution in [0.4, 0.5) is 11.9 Å². The molecule has 19 heavy (non-hydrogen) atoms. The van der Waals surface area contributed by atoms with Crippen LogP contribution in [0.3, 0.4) is 0 Å². The van der Waals surface area contributed by atoms with Crippen molar-refractivity contribution in [2.75, 3.05) is 35.3 Å². The fraction of sp³-hybridized carbons (Fsp3) is 0.750. The molecule has 1 aliphatic heterocycles. The van der Waals surface area contributed by atoms with Gasteiger partial charge < -0.3 is 15.4 Å². The molecule has 0 amide bonds. The van der Waals surface area contributed by atoms with Crippen molar-refractivity contribution in [1.29, 1.82) is 0 Å². The zero-order valence-corrected chi connectivity index (χ0v) is 12.3. The summed E-state index contributed by atoms with van der Waals surface area (Å²) in [6, 6.07) is 0.828. The number of nitrogens with zero attached hydrogens (tertiary/aromatic N) is 3. The van der Waals surface area contributed by atoms with Crippen molar-refractivity contribution >= 4 is 23.7 Å². The van der Waals surface area contributed by atoms with E-state index in [-0.39, 0.29) is 0 Å². The predicted molar refractivity (Wildman–Crippen MR) is 79.1 cm³/mol. The van der Waals surface area contributed by atoms with E-state index in [0.717, 1.165) is 19.4 Å². The molecular formula is C12H21N5OS. The molecule has 0 atom stereocenters. The van der Waals surface area contributed by atoms with Crippen molar-refractivity contribution in [1.82, 2.24) is 15.0 Å². The molecule has 1 aliphatic rings. The molecule has 0 saturated carbocycles. The van der Waals surface area contributed by atoms with Gasteiger partial charge >= 0.3 is 6.01 Å². The zero-order chi connectivity index (χ0) is 13.5. The van der Waals surface area contributed by atoms with E-state index in [1.165, 1.54) is 11.5 Å². The molecule has 0 spiro atoms. The van der Waals surface area contributed by atoms with Gasteiger partial charge in [-0.3, -0.25) is 0 Å². The number of nitrogens with one attached hydrogen (secondary N) is 2. The van der Waals surface area contributed by atoms with Gasteiger partial charge in [-0.15, -0.1) is 0 Å². The molecule has 1 aromatic rings. The van der Waals surface area contributed by atoms with E-state index in [9.17, 15) is 0 Å². The van der Waals surface area contributed by atoms with Crippen LogP contribution in [0.5, 0.6) is 6.01 Å². The Morgan fingerprint density at radius 3 is 2.58 bits per heavy atom. The summed E-state index contributed by atoms with van der Waals surface area (Å²) in [4.78, 5) is 12.9. The Bertz CT molecular complexity index is 373. The molecule has 7 heteroatoms. The maximum absolute atomic E-state index is 5.38. The van der Waals surface area contributed by atoms with Crippen LogP contribution in [0.15, 0.2) is 0 Å². The van der Waals surface area contributed by atoms with Crippen molar-refractivity contribution in [3.63, 3.8) is 0 Å². The summed E-state index contributed by atoms with van der Waals surface area (Å²) in [5.74, 6) is 3.56. The van der Waals surface area contributed by atoms with Crippen LogP contribution < -0.4 is 15.4 Å². The highest BCUT2D eigenvalue weighted by atomic mass is 32.2. The quantitative estimate of drug-likeness (QED) is 0.827. The molecule has 0 unspecified atom stereocenters. The number of hydrogen-bond acceptors (Lipinski definition) is 7. The average molecular weight is 283 g/mol. The van der Waals surface area contributed by atoms with Crippen LogP contribution in [0, 0.1) is 0 Å². The Morgan fingerprint density at radius 1 is 1.16 bits per heavy atom. The van der Waals surface area contributed by atoms with Gasteiger partial charge in [0.1, 0.15) is 0 Å². The molecule has 1 saturated heterocycles. The van der Waals surface area contributed by atoms with Crippen molar-refractivity contribution < 1.29 is 4.74 Å². The van der Waals surface area contributed by atoms with Gasteiger partial charge in [0.25, 0.3) is 0 Å². The van der Waals surface area contributed by atoms with Crippen LogP contribution in [-0.2, 0) is 0 Å². The summed E-state index contributed by atoms with van der Waals surface area (Å²) >= 11 is 2.00. The smallest absolute Gasteiger partial charge is 0.323 e. The van der Waals surface area contributed by atoms with Gasteiger partial charge in [-0.25, -0.2) is 0 Å². The average Bonchev–Trinajstić information content (AvgIpc) is 2.40. The second-order valence-corrected chi connectivity index (χ2v) is 5.48. The maximum atomic E-state index is 5.38. The normalized spacial score (nSPS) is 16.1. The molecule has 0 bridgehead atoms.